The minimum Gasteiger partial charge on any atom is -0.352 e. The van der Waals surface area contributed by atoms with Crippen molar-refractivity contribution in [2.24, 2.45) is 0 Å². The highest BCUT2D eigenvalue weighted by Crippen LogP contribution is 2.27. The number of carbonyl (C=O) groups excluding carboxylic acids is 2. The van der Waals surface area contributed by atoms with E-state index in [1.807, 2.05) is 51.1 Å². The molecule has 0 spiro atoms. The van der Waals surface area contributed by atoms with Crippen LogP contribution in [-0.2, 0) is 32.6 Å². The minimum absolute atomic E-state index is 0.00918. The highest BCUT2D eigenvalue weighted by Gasteiger charge is 2.35. The minimum atomic E-state index is -4.23. The average molecular weight is 681 g/mol. The van der Waals surface area contributed by atoms with Gasteiger partial charge in [0.2, 0.25) is 11.8 Å². The molecular weight excluding hydrogens is 645 g/mol. The number of hydrogen-bond acceptors (Lipinski definition) is 4. The zero-order valence-electron chi connectivity index (χ0n) is 24.8. The normalized spacial score (nSPS) is 12.0. The maximum atomic E-state index is 15.0. The summed E-state index contributed by atoms with van der Waals surface area (Å²) in [6.45, 7) is 4.60. The molecule has 0 unspecified atom stereocenters. The molecule has 0 aliphatic heterocycles. The van der Waals surface area contributed by atoms with Crippen molar-refractivity contribution in [2.45, 2.75) is 50.7 Å². The Bertz CT molecular complexity index is 1700. The fraction of sp³-hybridized carbons (Fsp3) is 0.235. The Balaban J connectivity index is 1.82. The highest BCUT2D eigenvalue weighted by atomic mass is 79.9. The summed E-state index contributed by atoms with van der Waals surface area (Å²) in [5, 5.41) is 2.89. The summed E-state index contributed by atoms with van der Waals surface area (Å²) in [6.07, 6.45) is 0.140. The van der Waals surface area contributed by atoms with Gasteiger partial charge in [0.1, 0.15) is 18.4 Å². The first-order valence-corrected chi connectivity index (χ1v) is 16.4. The quantitative estimate of drug-likeness (QED) is 0.192. The van der Waals surface area contributed by atoms with E-state index in [1.54, 1.807) is 54.6 Å². The van der Waals surface area contributed by atoms with E-state index in [2.05, 4.69) is 21.2 Å². The molecule has 0 aliphatic rings. The Labute approximate surface area is 266 Å². The molecule has 0 saturated carbocycles. The molecular formula is C34H35BrFN3O4S. The van der Waals surface area contributed by atoms with Gasteiger partial charge < -0.3 is 10.2 Å². The zero-order valence-corrected chi connectivity index (χ0v) is 27.2. The SMILES string of the molecule is Cc1ccc(S(=O)(=O)N(CC(=O)N(Cc2ccccc2F)[C@H](Cc2ccccc2)C(=O)NC(C)C)c2cccc(Br)c2)cc1. The second-order valence-corrected chi connectivity index (χ2v) is 13.6. The van der Waals surface area contributed by atoms with Crippen molar-refractivity contribution in [3.63, 3.8) is 0 Å². The van der Waals surface area contributed by atoms with Crippen LogP contribution in [0.2, 0.25) is 0 Å². The molecule has 2 amide bonds. The van der Waals surface area contributed by atoms with Crippen molar-refractivity contribution in [2.75, 3.05) is 10.8 Å². The number of hydrogen-bond donors (Lipinski definition) is 1. The molecule has 0 fully saturated rings. The van der Waals surface area contributed by atoms with Gasteiger partial charge in [0.15, 0.2) is 0 Å². The Kier molecular flexibility index (Phi) is 10.9. The van der Waals surface area contributed by atoms with Crippen molar-refractivity contribution in [3.8, 4) is 0 Å². The van der Waals surface area contributed by atoms with Crippen LogP contribution in [0, 0.1) is 12.7 Å². The summed E-state index contributed by atoms with van der Waals surface area (Å²) in [6, 6.07) is 26.9. The smallest absolute Gasteiger partial charge is 0.264 e. The summed E-state index contributed by atoms with van der Waals surface area (Å²) >= 11 is 3.40. The van der Waals surface area contributed by atoms with Crippen molar-refractivity contribution in [3.05, 3.63) is 130 Å². The van der Waals surface area contributed by atoms with Crippen LogP contribution < -0.4 is 9.62 Å². The number of nitrogens with one attached hydrogen (secondary N) is 1. The molecule has 0 aromatic heterocycles. The lowest BCUT2D eigenvalue weighted by molar-refractivity contribution is -0.140. The van der Waals surface area contributed by atoms with Crippen LogP contribution in [0.25, 0.3) is 0 Å². The van der Waals surface area contributed by atoms with Gasteiger partial charge in [-0.25, -0.2) is 12.8 Å². The summed E-state index contributed by atoms with van der Waals surface area (Å²) in [4.78, 5) is 29.4. The number of aryl methyl sites for hydroxylation is 1. The van der Waals surface area contributed by atoms with Gasteiger partial charge in [0, 0.05) is 29.0 Å². The Morgan fingerprint density at radius 2 is 1.55 bits per heavy atom. The molecule has 0 radical (unpaired) electrons. The molecule has 0 bridgehead atoms. The van der Waals surface area contributed by atoms with E-state index >= 15 is 0 Å². The molecule has 0 aliphatic carbocycles. The first-order chi connectivity index (χ1) is 21.0. The number of sulfonamides is 1. The molecule has 1 atom stereocenters. The molecule has 0 heterocycles. The number of anilines is 1. The summed E-state index contributed by atoms with van der Waals surface area (Å²) in [7, 11) is -4.23. The second-order valence-electron chi connectivity index (χ2n) is 10.8. The van der Waals surface area contributed by atoms with Crippen LogP contribution >= 0.6 is 15.9 Å². The molecule has 7 nitrogen and oxygen atoms in total. The number of amides is 2. The van der Waals surface area contributed by atoms with E-state index in [4.69, 9.17) is 0 Å². The van der Waals surface area contributed by atoms with Gasteiger partial charge in [-0.2, -0.15) is 0 Å². The van der Waals surface area contributed by atoms with E-state index in [0.29, 0.717) is 4.47 Å². The lowest BCUT2D eigenvalue weighted by Crippen LogP contribution is -2.54. The monoisotopic (exact) mass is 679 g/mol. The van der Waals surface area contributed by atoms with Crippen molar-refractivity contribution in [1.82, 2.24) is 10.2 Å². The number of carbonyl (C=O) groups is 2. The van der Waals surface area contributed by atoms with Crippen molar-refractivity contribution >= 4 is 43.5 Å². The number of nitrogens with zero attached hydrogens (tertiary/aromatic N) is 2. The van der Waals surface area contributed by atoms with E-state index < -0.39 is 40.2 Å². The van der Waals surface area contributed by atoms with Crippen LogP contribution in [0.1, 0.15) is 30.5 Å². The van der Waals surface area contributed by atoms with Crippen LogP contribution in [0.4, 0.5) is 10.1 Å². The molecule has 4 aromatic rings. The molecule has 230 valence electrons. The summed E-state index contributed by atoms with van der Waals surface area (Å²) in [5.41, 5.74) is 2.13. The number of halogens is 2. The molecule has 0 saturated heterocycles. The van der Waals surface area contributed by atoms with Crippen molar-refractivity contribution in [1.29, 1.82) is 0 Å². The predicted octanol–water partition coefficient (Wildman–Crippen LogP) is 6.26. The van der Waals surface area contributed by atoms with Crippen LogP contribution in [0.5, 0.6) is 0 Å². The van der Waals surface area contributed by atoms with Gasteiger partial charge in [-0.1, -0.05) is 88.2 Å². The van der Waals surface area contributed by atoms with E-state index in [0.717, 1.165) is 15.4 Å². The van der Waals surface area contributed by atoms with E-state index in [9.17, 15) is 22.4 Å². The second kappa shape index (κ2) is 14.6. The van der Waals surface area contributed by atoms with Gasteiger partial charge in [-0.15, -0.1) is 0 Å². The first-order valence-electron chi connectivity index (χ1n) is 14.2. The third-order valence-electron chi connectivity index (χ3n) is 6.98. The van der Waals surface area contributed by atoms with E-state index in [1.165, 1.54) is 23.1 Å². The topological polar surface area (TPSA) is 86.8 Å². The number of benzene rings is 4. The predicted molar refractivity (Wildman–Crippen MR) is 174 cm³/mol. The van der Waals surface area contributed by atoms with Gasteiger partial charge in [0.25, 0.3) is 10.0 Å². The third kappa shape index (κ3) is 8.33. The Morgan fingerprint density at radius 3 is 2.18 bits per heavy atom. The summed E-state index contributed by atoms with van der Waals surface area (Å²) in [5.74, 6) is -1.63. The maximum absolute atomic E-state index is 15.0. The molecule has 10 heteroatoms. The van der Waals surface area contributed by atoms with Gasteiger partial charge >= 0.3 is 0 Å². The Hall–Kier alpha value is -4.02. The van der Waals surface area contributed by atoms with Crippen LogP contribution in [0.15, 0.2) is 112 Å². The van der Waals surface area contributed by atoms with Gasteiger partial charge in [0.05, 0.1) is 10.6 Å². The molecule has 44 heavy (non-hydrogen) atoms. The standard InChI is InChI=1S/C34H35BrFN3O4S/c1-24(2)37-34(41)32(20-26-10-5-4-6-11-26)38(22-27-12-7-8-15-31(27)36)33(40)23-39(29-14-9-13-28(35)21-29)44(42,43)30-18-16-25(3)17-19-30/h4-19,21,24,32H,20,22-23H2,1-3H3,(H,37,41)/t32-/m1/s1. The average Bonchev–Trinajstić information content (AvgIpc) is 2.98. The highest BCUT2D eigenvalue weighted by molar-refractivity contribution is 9.10. The van der Waals surface area contributed by atoms with Gasteiger partial charge in [-0.05, 0) is 62.7 Å². The first kappa shape index (κ1) is 32.9. The zero-order chi connectivity index (χ0) is 31.9. The fourth-order valence-electron chi connectivity index (χ4n) is 4.74. The van der Waals surface area contributed by atoms with Crippen LogP contribution in [0.3, 0.4) is 0 Å². The molecule has 4 aromatic carbocycles. The number of rotatable bonds is 12. The molecule has 4 rings (SSSR count). The Morgan fingerprint density at radius 1 is 0.886 bits per heavy atom. The fourth-order valence-corrected chi connectivity index (χ4v) is 6.54. The largest absolute Gasteiger partial charge is 0.352 e. The molecule has 1 N–H and O–H groups in total. The van der Waals surface area contributed by atoms with Crippen LogP contribution in [-0.4, -0.2) is 43.8 Å². The maximum Gasteiger partial charge on any atom is 0.264 e. The van der Waals surface area contributed by atoms with E-state index in [-0.39, 0.29) is 35.2 Å². The third-order valence-corrected chi connectivity index (χ3v) is 9.27. The lowest BCUT2D eigenvalue weighted by Gasteiger charge is -2.34. The summed E-state index contributed by atoms with van der Waals surface area (Å²) < 4.78 is 44.8. The van der Waals surface area contributed by atoms with Gasteiger partial charge in [-0.3, -0.25) is 13.9 Å². The van der Waals surface area contributed by atoms with Crippen molar-refractivity contribution < 1.29 is 22.4 Å². The lowest BCUT2D eigenvalue weighted by atomic mass is 10.0.